The number of hydroxylamine groups is 2. The van der Waals surface area contributed by atoms with Crippen LogP contribution in [0.5, 0.6) is 0 Å². The van der Waals surface area contributed by atoms with E-state index in [1.165, 1.54) is 37.7 Å². The van der Waals surface area contributed by atoms with Crippen molar-refractivity contribution in [1.82, 2.24) is 5.06 Å². The zero-order valence-corrected chi connectivity index (χ0v) is 15.8. The van der Waals surface area contributed by atoms with Crippen molar-refractivity contribution in [3.05, 3.63) is 35.9 Å². The van der Waals surface area contributed by atoms with Gasteiger partial charge in [0.05, 0.1) is 6.10 Å². The third-order valence-corrected chi connectivity index (χ3v) is 5.12. The number of hydrogen-bond donors (Lipinski definition) is 0. The van der Waals surface area contributed by atoms with Gasteiger partial charge in [-0.1, -0.05) is 50.1 Å². The highest BCUT2D eigenvalue weighted by molar-refractivity contribution is 5.15. The second-order valence-electron chi connectivity index (χ2n) is 8.33. The molecule has 0 saturated carbocycles. The van der Waals surface area contributed by atoms with E-state index in [9.17, 15) is 0 Å². The molecule has 1 aromatic rings. The zero-order valence-electron chi connectivity index (χ0n) is 15.8. The molecule has 1 atom stereocenters. The van der Waals surface area contributed by atoms with Crippen molar-refractivity contribution in [3.8, 4) is 0 Å². The first-order valence-corrected chi connectivity index (χ1v) is 9.36. The lowest BCUT2D eigenvalue weighted by Crippen LogP contribution is -2.59. The summed E-state index contributed by atoms with van der Waals surface area (Å²) in [7, 11) is 0. The molecule has 1 aliphatic heterocycles. The predicted molar refractivity (Wildman–Crippen MR) is 98.4 cm³/mol. The first-order chi connectivity index (χ1) is 10.8. The van der Waals surface area contributed by atoms with Crippen LogP contribution in [-0.2, 0) is 11.3 Å². The summed E-state index contributed by atoms with van der Waals surface area (Å²) in [6, 6.07) is 10.8. The van der Waals surface area contributed by atoms with E-state index in [1.807, 2.05) is 0 Å². The molecular formula is C21H35NO. The van der Waals surface area contributed by atoms with Gasteiger partial charge >= 0.3 is 0 Å². The largest absolute Gasteiger partial charge is 0.294 e. The number of nitrogens with zero attached hydrogens (tertiary/aromatic N) is 1. The highest BCUT2D eigenvalue weighted by Crippen LogP contribution is 2.39. The Labute approximate surface area is 143 Å². The molecule has 0 N–H and O–H groups in total. The van der Waals surface area contributed by atoms with Crippen molar-refractivity contribution in [2.75, 3.05) is 0 Å². The maximum absolute atomic E-state index is 6.66. The van der Waals surface area contributed by atoms with Gasteiger partial charge in [-0.25, -0.2) is 0 Å². The first kappa shape index (κ1) is 18.5. The summed E-state index contributed by atoms with van der Waals surface area (Å²) in [5.41, 5.74) is 1.60. The number of benzene rings is 1. The second kappa shape index (κ2) is 7.81. The molecule has 0 bridgehead atoms. The van der Waals surface area contributed by atoms with Gasteiger partial charge in [-0.15, -0.1) is 0 Å². The van der Waals surface area contributed by atoms with E-state index in [-0.39, 0.29) is 17.2 Å². The number of unbranched alkanes of at least 4 members (excludes halogenated alkanes) is 1. The molecule has 1 heterocycles. The summed E-state index contributed by atoms with van der Waals surface area (Å²) < 4.78 is 0. The van der Waals surface area contributed by atoms with E-state index in [1.54, 1.807) is 0 Å². The third-order valence-electron chi connectivity index (χ3n) is 5.12. The molecule has 1 unspecified atom stereocenters. The molecule has 1 aromatic carbocycles. The van der Waals surface area contributed by atoms with Crippen LogP contribution in [0.3, 0.4) is 0 Å². The van der Waals surface area contributed by atoms with Crippen molar-refractivity contribution in [2.45, 2.75) is 96.7 Å². The van der Waals surface area contributed by atoms with Gasteiger partial charge in [0.15, 0.2) is 0 Å². The zero-order chi connectivity index (χ0) is 16.9. The third kappa shape index (κ3) is 5.06. The normalized spacial score (nSPS) is 22.0. The highest BCUT2D eigenvalue weighted by Gasteiger charge is 2.43. The van der Waals surface area contributed by atoms with Gasteiger partial charge in [0.2, 0.25) is 0 Å². The molecule has 2 rings (SSSR count). The highest BCUT2D eigenvalue weighted by atomic mass is 16.7. The van der Waals surface area contributed by atoms with Gasteiger partial charge in [0.1, 0.15) is 0 Å². The standard InChI is InChI=1S/C21H35NO/c1-6-7-14-19(17-18-12-9-8-10-13-18)23-22-20(2,3)15-11-16-21(22,4)5/h8-10,12-13,19H,6-7,11,14-17H2,1-5H3. The minimum absolute atomic E-state index is 0.114. The van der Waals surface area contributed by atoms with Crippen molar-refractivity contribution in [1.29, 1.82) is 0 Å². The molecule has 0 aromatic heterocycles. The van der Waals surface area contributed by atoms with Crippen molar-refractivity contribution >= 4 is 0 Å². The number of hydrogen-bond acceptors (Lipinski definition) is 2. The van der Waals surface area contributed by atoms with Crippen LogP contribution in [0.25, 0.3) is 0 Å². The summed E-state index contributed by atoms with van der Waals surface area (Å²) in [6.45, 7) is 11.6. The maximum atomic E-state index is 6.66. The summed E-state index contributed by atoms with van der Waals surface area (Å²) in [5.74, 6) is 0. The lowest BCUT2D eigenvalue weighted by atomic mass is 9.82. The van der Waals surface area contributed by atoms with Crippen LogP contribution in [0.2, 0.25) is 0 Å². The summed E-state index contributed by atoms with van der Waals surface area (Å²) in [6.07, 6.45) is 8.57. The maximum Gasteiger partial charge on any atom is 0.0834 e. The van der Waals surface area contributed by atoms with Crippen LogP contribution < -0.4 is 0 Å². The van der Waals surface area contributed by atoms with E-state index in [0.717, 1.165) is 12.8 Å². The minimum atomic E-state index is 0.114. The summed E-state index contributed by atoms with van der Waals surface area (Å²) >= 11 is 0. The van der Waals surface area contributed by atoms with E-state index in [2.05, 4.69) is 70.0 Å². The number of rotatable bonds is 7. The Morgan fingerprint density at radius 2 is 1.65 bits per heavy atom. The van der Waals surface area contributed by atoms with Gasteiger partial charge in [-0.3, -0.25) is 4.84 Å². The van der Waals surface area contributed by atoms with Crippen molar-refractivity contribution < 1.29 is 4.84 Å². The molecule has 2 nitrogen and oxygen atoms in total. The molecule has 1 fully saturated rings. The molecule has 0 radical (unpaired) electrons. The van der Waals surface area contributed by atoms with Crippen LogP contribution in [0, 0.1) is 0 Å². The Balaban J connectivity index is 2.11. The Morgan fingerprint density at radius 1 is 1.04 bits per heavy atom. The topological polar surface area (TPSA) is 12.5 Å². The van der Waals surface area contributed by atoms with Gasteiger partial charge in [-0.2, -0.15) is 5.06 Å². The van der Waals surface area contributed by atoms with Gasteiger partial charge in [0, 0.05) is 17.5 Å². The SMILES string of the molecule is CCCCC(Cc1ccccc1)ON1C(C)(C)CCCC1(C)C. The Bertz CT molecular complexity index is 450. The number of piperidine rings is 1. The fourth-order valence-electron chi connectivity index (χ4n) is 3.91. The van der Waals surface area contributed by atoms with Crippen molar-refractivity contribution in [2.24, 2.45) is 0 Å². The monoisotopic (exact) mass is 317 g/mol. The van der Waals surface area contributed by atoms with E-state index in [0.29, 0.717) is 0 Å². The molecule has 130 valence electrons. The van der Waals surface area contributed by atoms with Gasteiger partial charge in [-0.05, 0) is 58.9 Å². The Morgan fingerprint density at radius 3 is 2.22 bits per heavy atom. The Hall–Kier alpha value is -0.860. The van der Waals surface area contributed by atoms with Gasteiger partial charge < -0.3 is 0 Å². The summed E-state index contributed by atoms with van der Waals surface area (Å²) in [4.78, 5) is 6.66. The molecule has 0 spiro atoms. The quantitative estimate of drug-likeness (QED) is 0.633. The molecule has 0 amide bonds. The van der Waals surface area contributed by atoms with Crippen LogP contribution >= 0.6 is 0 Å². The van der Waals surface area contributed by atoms with E-state index in [4.69, 9.17) is 4.84 Å². The van der Waals surface area contributed by atoms with Crippen LogP contribution in [0.4, 0.5) is 0 Å². The fourth-order valence-corrected chi connectivity index (χ4v) is 3.91. The average Bonchev–Trinajstić information content (AvgIpc) is 2.49. The smallest absolute Gasteiger partial charge is 0.0834 e. The second-order valence-corrected chi connectivity index (χ2v) is 8.33. The first-order valence-electron chi connectivity index (χ1n) is 9.36. The molecule has 0 aliphatic carbocycles. The van der Waals surface area contributed by atoms with Gasteiger partial charge in [0.25, 0.3) is 0 Å². The molecule has 23 heavy (non-hydrogen) atoms. The van der Waals surface area contributed by atoms with Crippen molar-refractivity contribution in [3.63, 3.8) is 0 Å². The Kier molecular flexibility index (Phi) is 6.27. The fraction of sp³-hybridized carbons (Fsp3) is 0.714. The van der Waals surface area contributed by atoms with E-state index < -0.39 is 0 Å². The average molecular weight is 318 g/mol. The van der Waals surface area contributed by atoms with Crippen LogP contribution in [0.1, 0.15) is 78.7 Å². The predicted octanol–water partition coefficient (Wildman–Crippen LogP) is 5.76. The lowest BCUT2D eigenvalue weighted by Gasteiger charge is -2.52. The van der Waals surface area contributed by atoms with Crippen LogP contribution in [-0.4, -0.2) is 22.2 Å². The lowest BCUT2D eigenvalue weighted by molar-refractivity contribution is -0.305. The minimum Gasteiger partial charge on any atom is -0.294 e. The molecule has 1 aliphatic rings. The molecule has 1 saturated heterocycles. The van der Waals surface area contributed by atoms with Crippen LogP contribution in [0.15, 0.2) is 30.3 Å². The van der Waals surface area contributed by atoms with E-state index >= 15 is 0 Å². The molecular weight excluding hydrogens is 282 g/mol. The molecule has 2 heteroatoms. The summed E-state index contributed by atoms with van der Waals surface area (Å²) in [5, 5.41) is 2.33.